The molecule has 1 saturated heterocycles. The molecule has 0 aliphatic carbocycles. The fourth-order valence-electron chi connectivity index (χ4n) is 2.99. The quantitative estimate of drug-likeness (QED) is 0.780. The first-order valence-electron chi connectivity index (χ1n) is 9.36. The topological polar surface area (TPSA) is 91.8 Å². The van der Waals surface area contributed by atoms with Gasteiger partial charge < -0.3 is 19.9 Å². The number of likely N-dealkylation sites (tertiary alicyclic amines) is 1. The van der Waals surface area contributed by atoms with E-state index >= 15 is 0 Å². The monoisotopic (exact) mass is 376 g/mol. The first-order chi connectivity index (χ1) is 13.0. The van der Waals surface area contributed by atoms with E-state index in [-0.39, 0.29) is 30.4 Å². The number of rotatable bonds is 7. The lowest BCUT2D eigenvalue weighted by Crippen LogP contribution is -2.47. The number of aromatic nitrogens is 1. The van der Waals surface area contributed by atoms with E-state index in [0.717, 1.165) is 5.69 Å². The lowest BCUT2D eigenvalue weighted by molar-refractivity contribution is -0.130. The molecule has 3 amide bonds. The van der Waals surface area contributed by atoms with Gasteiger partial charge in [0, 0.05) is 45.2 Å². The summed E-state index contributed by atoms with van der Waals surface area (Å²) in [6.45, 7) is 5.52. The fraction of sp³-hybridized carbons (Fsp3) is 0.579. The van der Waals surface area contributed by atoms with Gasteiger partial charge in [-0.1, -0.05) is 6.07 Å². The van der Waals surface area contributed by atoms with Gasteiger partial charge in [-0.25, -0.2) is 4.79 Å². The molecule has 0 spiro atoms. The van der Waals surface area contributed by atoms with Crippen molar-refractivity contribution in [1.29, 1.82) is 0 Å². The predicted octanol–water partition coefficient (Wildman–Crippen LogP) is 1.56. The van der Waals surface area contributed by atoms with Gasteiger partial charge in [0.05, 0.1) is 18.8 Å². The van der Waals surface area contributed by atoms with Gasteiger partial charge in [0.15, 0.2) is 0 Å². The molecule has 1 N–H and O–H groups in total. The summed E-state index contributed by atoms with van der Waals surface area (Å²) in [6, 6.07) is 5.59. The van der Waals surface area contributed by atoms with Crippen LogP contribution in [0.1, 0.15) is 38.8 Å². The minimum Gasteiger partial charge on any atom is -0.450 e. The second kappa shape index (κ2) is 10.5. The Bertz CT molecular complexity index is 630. The molecule has 1 aliphatic heterocycles. The SMILES string of the molecule is CCOC(=O)N1CCC(NC(=O)CCN(Cc2ccccn2)C(C)=O)CC1. The standard InChI is InChI=1S/C19H28N4O4/c1-3-27-19(26)22-11-7-16(8-12-22)21-18(25)9-13-23(15(2)24)14-17-6-4-5-10-20-17/h4-6,10,16H,3,7-9,11-14H2,1-2H3,(H,21,25). The molecule has 27 heavy (non-hydrogen) atoms. The summed E-state index contributed by atoms with van der Waals surface area (Å²) in [5.41, 5.74) is 0.791. The minimum atomic E-state index is -0.297. The third-order valence-corrected chi connectivity index (χ3v) is 4.52. The maximum Gasteiger partial charge on any atom is 0.409 e. The molecule has 8 heteroatoms. The molecule has 1 aliphatic rings. The van der Waals surface area contributed by atoms with Crippen molar-refractivity contribution in [3.63, 3.8) is 0 Å². The summed E-state index contributed by atoms with van der Waals surface area (Å²) < 4.78 is 4.99. The molecule has 1 aromatic rings. The number of hydrogen-bond donors (Lipinski definition) is 1. The number of ether oxygens (including phenoxy) is 1. The van der Waals surface area contributed by atoms with E-state index < -0.39 is 0 Å². The van der Waals surface area contributed by atoms with Crippen molar-refractivity contribution in [2.45, 2.75) is 45.7 Å². The van der Waals surface area contributed by atoms with Crippen LogP contribution in [0, 0.1) is 0 Å². The van der Waals surface area contributed by atoms with Gasteiger partial charge in [0.25, 0.3) is 0 Å². The summed E-state index contributed by atoms with van der Waals surface area (Å²) >= 11 is 0. The summed E-state index contributed by atoms with van der Waals surface area (Å²) in [5.74, 6) is -0.173. The first-order valence-corrected chi connectivity index (χ1v) is 9.36. The number of pyridine rings is 1. The van der Waals surface area contributed by atoms with E-state index in [1.807, 2.05) is 18.2 Å². The molecule has 148 valence electrons. The van der Waals surface area contributed by atoms with Gasteiger partial charge in [-0.15, -0.1) is 0 Å². The zero-order valence-electron chi connectivity index (χ0n) is 16.0. The minimum absolute atomic E-state index is 0.0461. The average Bonchev–Trinajstić information content (AvgIpc) is 2.66. The molecule has 0 radical (unpaired) electrons. The normalized spacial score (nSPS) is 14.5. The number of piperidine rings is 1. The van der Waals surface area contributed by atoms with Crippen LogP contribution >= 0.6 is 0 Å². The Morgan fingerprint density at radius 2 is 2.04 bits per heavy atom. The van der Waals surface area contributed by atoms with E-state index in [1.54, 1.807) is 22.9 Å². The van der Waals surface area contributed by atoms with Gasteiger partial charge >= 0.3 is 6.09 Å². The van der Waals surface area contributed by atoms with E-state index in [4.69, 9.17) is 4.74 Å². The number of amides is 3. The number of carbonyl (C=O) groups is 3. The summed E-state index contributed by atoms with van der Waals surface area (Å²) in [7, 11) is 0. The molecule has 0 aromatic carbocycles. The molecule has 0 unspecified atom stereocenters. The molecule has 1 aromatic heterocycles. The van der Waals surface area contributed by atoms with Crippen molar-refractivity contribution in [3.05, 3.63) is 30.1 Å². The first kappa shape index (κ1) is 20.7. The van der Waals surface area contributed by atoms with E-state index in [1.165, 1.54) is 6.92 Å². The van der Waals surface area contributed by atoms with Crippen LogP contribution in [-0.2, 0) is 20.9 Å². The maximum atomic E-state index is 12.2. The number of nitrogens with one attached hydrogen (secondary N) is 1. The highest BCUT2D eigenvalue weighted by Crippen LogP contribution is 2.12. The van der Waals surface area contributed by atoms with Gasteiger partial charge in [0.2, 0.25) is 11.8 Å². The van der Waals surface area contributed by atoms with Crippen molar-refractivity contribution in [2.75, 3.05) is 26.2 Å². The predicted molar refractivity (Wildman–Crippen MR) is 99.7 cm³/mol. The van der Waals surface area contributed by atoms with Gasteiger partial charge in [-0.05, 0) is 31.9 Å². The number of hydrogen-bond acceptors (Lipinski definition) is 5. The second-order valence-electron chi connectivity index (χ2n) is 6.54. The number of nitrogens with zero attached hydrogens (tertiary/aromatic N) is 3. The highest BCUT2D eigenvalue weighted by atomic mass is 16.6. The summed E-state index contributed by atoms with van der Waals surface area (Å²) in [5, 5.41) is 3.00. The molecule has 0 bridgehead atoms. The Hall–Kier alpha value is -2.64. The van der Waals surface area contributed by atoms with Crippen molar-refractivity contribution in [2.24, 2.45) is 0 Å². The molecule has 2 rings (SSSR count). The van der Waals surface area contributed by atoms with Crippen LogP contribution < -0.4 is 5.32 Å². The van der Waals surface area contributed by atoms with Crippen LogP contribution in [0.15, 0.2) is 24.4 Å². The highest BCUT2D eigenvalue weighted by molar-refractivity contribution is 5.78. The molecular weight excluding hydrogens is 348 g/mol. The lowest BCUT2D eigenvalue weighted by atomic mass is 10.1. The summed E-state index contributed by atoms with van der Waals surface area (Å²) in [6.07, 6.45) is 3.03. The summed E-state index contributed by atoms with van der Waals surface area (Å²) in [4.78, 5) is 43.3. The molecular formula is C19H28N4O4. The average molecular weight is 376 g/mol. The molecule has 2 heterocycles. The molecule has 1 fully saturated rings. The Labute approximate surface area is 159 Å². The lowest BCUT2D eigenvalue weighted by Gasteiger charge is -2.31. The smallest absolute Gasteiger partial charge is 0.409 e. The van der Waals surface area contributed by atoms with Crippen LogP contribution in [0.3, 0.4) is 0 Å². The van der Waals surface area contributed by atoms with E-state index in [9.17, 15) is 14.4 Å². The Morgan fingerprint density at radius 1 is 1.30 bits per heavy atom. The largest absolute Gasteiger partial charge is 0.450 e. The van der Waals surface area contributed by atoms with E-state index in [0.29, 0.717) is 45.6 Å². The van der Waals surface area contributed by atoms with Crippen LogP contribution in [0.5, 0.6) is 0 Å². The third kappa shape index (κ3) is 6.88. The van der Waals surface area contributed by atoms with Crippen molar-refractivity contribution in [1.82, 2.24) is 20.1 Å². The molecule has 8 nitrogen and oxygen atoms in total. The van der Waals surface area contributed by atoms with Crippen molar-refractivity contribution in [3.8, 4) is 0 Å². The van der Waals surface area contributed by atoms with E-state index in [2.05, 4.69) is 10.3 Å². The Balaban J connectivity index is 1.73. The zero-order chi connectivity index (χ0) is 19.6. The van der Waals surface area contributed by atoms with Crippen LogP contribution in [-0.4, -0.2) is 65.0 Å². The third-order valence-electron chi connectivity index (χ3n) is 4.52. The van der Waals surface area contributed by atoms with Gasteiger partial charge in [0.1, 0.15) is 0 Å². The Morgan fingerprint density at radius 3 is 2.63 bits per heavy atom. The number of carbonyl (C=O) groups excluding carboxylic acids is 3. The van der Waals surface area contributed by atoms with Gasteiger partial charge in [-0.3, -0.25) is 14.6 Å². The molecule has 0 saturated carbocycles. The maximum absolute atomic E-state index is 12.2. The van der Waals surface area contributed by atoms with Crippen LogP contribution in [0.4, 0.5) is 4.79 Å². The Kier molecular flexibility index (Phi) is 8.03. The fourth-order valence-corrected chi connectivity index (χ4v) is 2.99. The second-order valence-corrected chi connectivity index (χ2v) is 6.54. The van der Waals surface area contributed by atoms with Crippen LogP contribution in [0.25, 0.3) is 0 Å². The van der Waals surface area contributed by atoms with Crippen molar-refractivity contribution >= 4 is 17.9 Å². The van der Waals surface area contributed by atoms with Crippen LogP contribution in [0.2, 0.25) is 0 Å². The van der Waals surface area contributed by atoms with Gasteiger partial charge in [-0.2, -0.15) is 0 Å². The molecule has 0 atom stereocenters. The van der Waals surface area contributed by atoms with Crippen molar-refractivity contribution < 1.29 is 19.1 Å². The highest BCUT2D eigenvalue weighted by Gasteiger charge is 2.24. The zero-order valence-corrected chi connectivity index (χ0v) is 16.0.